The first-order valence-electron chi connectivity index (χ1n) is 5.03. The zero-order chi connectivity index (χ0) is 11.7. The first-order valence-corrected chi connectivity index (χ1v) is 5.41. The van der Waals surface area contributed by atoms with E-state index < -0.39 is 0 Å². The lowest BCUT2D eigenvalue weighted by Crippen LogP contribution is -2.00. The Morgan fingerprint density at radius 1 is 1.56 bits per heavy atom. The van der Waals surface area contributed by atoms with Gasteiger partial charge in [0.15, 0.2) is 11.3 Å². The van der Waals surface area contributed by atoms with Gasteiger partial charge in [0, 0.05) is 17.9 Å². The SMILES string of the molecule is COc1cc(C(C)CO)c(Cl)c2ccoc12. The fourth-order valence-electron chi connectivity index (χ4n) is 1.71. The lowest BCUT2D eigenvalue weighted by Gasteiger charge is -2.13. The summed E-state index contributed by atoms with van der Waals surface area (Å²) >= 11 is 6.26. The molecule has 0 saturated carbocycles. The third kappa shape index (κ3) is 1.66. The van der Waals surface area contributed by atoms with Crippen LogP contribution in [0.4, 0.5) is 0 Å². The van der Waals surface area contributed by atoms with E-state index in [4.69, 9.17) is 20.8 Å². The molecule has 0 aliphatic rings. The first kappa shape index (κ1) is 11.3. The zero-order valence-electron chi connectivity index (χ0n) is 9.16. The topological polar surface area (TPSA) is 42.6 Å². The predicted octanol–water partition coefficient (Wildman–Crippen LogP) is 3.19. The molecular weight excluding hydrogens is 228 g/mol. The van der Waals surface area contributed by atoms with E-state index in [0.29, 0.717) is 16.4 Å². The second-order valence-electron chi connectivity index (χ2n) is 3.73. The van der Waals surface area contributed by atoms with Gasteiger partial charge in [-0.15, -0.1) is 0 Å². The Balaban J connectivity index is 2.70. The van der Waals surface area contributed by atoms with Crippen LogP contribution in [0.5, 0.6) is 5.75 Å². The van der Waals surface area contributed by atoms with Crippen molar-refractivity contribution in [3.05, 3.63) is 29.0 Å². The van der Waals surface area contributed by atoms with Gasteiger partial charge in [0.25, 0.3) is 0 Å². The molecule has 1 heterocycles. The highest BCUT2D eigenvalue weighted by Crippen LogP contribution is 2.38. The second-order valence-corrected chi connectivity index (χ2v) is 4.11. The van der Waals surface area contributed by atoms with Crippen LogP contribution in [0.2, 0.25) is 5.02 Å². The van der Waals surface area contributed by atoms with Crippen LogP contribution in [0, 0.1) is 0 Å². The molecule has 0 aliphatic carbocycles. The molecule has 0 saturated heterocycles. The minimum atomic E-state index is -0.0271. The van der Waals surface area contributed by atoms with Gasteiger partial charge in [0.05, 0.1) is 18.4 Å². The molecule has 1 aromatic carbocycles. The normalized spacial score (nSPS) is 13.0. The molecule has 2 rings (SSSR count). The van der Waals surface area contributed by atoms with Crippen LogP contribution >= 0.6 is 11.6 Å². The van der Waals surface area contributed by atoms with Crippen molar-refractivity contribution in [2.24, 2.45) is 0 Å². The van der Waals surface area contributed by atoms with Gasteiger partial charge in [-0.3, -0.25) is 0 Å². The van der Waals surface area contributed by atoms with Gasteiger partial charge >= 0.3 is 0 Å². The summed E-state index contributed by atoms with van der Waals surface area (Å²) in [5.41, 5.74) is 1.51. The number of halogens is 1. The highest BCUT2D eigenvalue weighted by atomic mass is 35.5. The van der Waals surface area contributed by atoms with Crippen LogP contribution in [-0.2, 0) is 0 Å². The molecule has 86 valence electrons. The summed E-state index contributed by atoms with van der Waals surface area (Å²) in [5, 5.41) is 10.6. The van der Waals surface area contributed by atoms with Crippen LogP contribution in [0.1, 0.15) is 18.4 Å². The van der Waals surface area contributed by atoms with Crippen LogP contribution in [0.15, 0.2) is 22.8 Å². The highest BCUT2D eigenvalue weighted by molar-refractivity contribution is 6.36. The van der Waals surface area contributed by atoms with Crippen molar-refractivity contribution >= 4 is 22.6 Å². The quantitative estimate of drug-likeness (QED) is 0.896. The number of furan rings is 1. The Morgan fingerprint density at radius 3 is 2.94 bits per heavy atom. The molecule has 3 nitrogen and oxygen atoms in total. The molecule has 1 N–H and O–H groups in total. The van der Waals surface area contributed by atoms with Gasteiger partial charge in [-0.2, -0.15) is 0 Å². The molecule has 1 unspecified atom stereocenters. The Morgan fingerprint density at radius 2 is 2.31 bits per heavy atom. The first-order chi connectivity index (χ1) is 7.69. The molecule has 0 radical (unpaired) electrons. The summed E-state index contributed by atoms with van der Waals surface area (Å²) in [5.74, 6) is 0.611. The van der Waals surface area contributed by atoms with E-state index >= 15 is 0 Å². The molecule has 0 amide bonds. The number of methoxy groups -OCH3 is 1. The summed E-state index contributed by atoms with van der Waals surface area (Å²) in [6, 6.07) is 3.61. The molecule has 2 aromatic rings. The molecule has 1 atom stereocenters. The van der Waals surface area contributed by atoms with Crippen LogP contribution in [-0.4, -0.2) is 18.8 Å². The molecule has 4 heteroatoms. The van der Waals surface area contributed by atoms with Crippen molar-refractivity contribution in [1.29, 1.82) is 0 Å². The van der Waals surface area contributed by atoms with Crippen LogP contribution in [0.3, 0.4) is 0 Å². The number of aliphatic hydroxyl groups is 1. The van der Waals surface area contributed by atoms with E-state index in [1.54, 1.807) is 19.4 Å². The van der Waals surface area contributed by atoms with Crippen molar-refractivity contribution in [2.45, 2.75) is 12.8 Å². The van der Waals surface area contributed by atoms with Gasteiger partial charge in [-0.05, 0) is 17.7 Å². The molecule has 0 aliphatic heterocycles. The van der Waals surface area contributed by atoms with Crippen LogP contribution in [0.25, 0.3) is 11.0 Å². The minimum absolute atomic E-state index is 0.0271. The Kier molecular flexibility index (Phi) is 3.08. The van der Waals surface area contributed by atoms with Crippen LogP contribution < -0.4 is 4.74 Å². The van der Waals surface area contributed by atoms with Gasteiger partial charge in [0.2, 0.25) is 0 Å². The van der Waals surface area contributed by atoms with Gasteiger partial charge in [-0.1, -0.05) is 18.5 Å². The summed E-state index contributed by atoms with van der Waals surface area (Å²) in [7, 11) is 1.58. The van der Waals surface area contributed by atoms with Crippen molar-refractivity contribution < 1.29 is 14.3 Å². The smallest absolute Gasteiger partial charge is 0.177 e. The molecule has 0 fully saturated rings. The zero-order valence-corrected chi connectivity index (χ0v) is 9.91. The number of aliphatic hydroxyl groups excluding tert-OH is 1. The number of benzene rings is 1. The maximum Gasteiger partial charge on any atom is 0.177 e. The van der Waals surface area contributed by atoms with Gasteiger partial charge in [-0.25, -0.2) is 0 Å². The minimum Gasteiger partial charge on any atom is -0.493 e. The molecule has 1 aromatic heterocycles. The second kappa shape index (κ2) is 4.36. The average molecular weight is 241 g/mol. The van der Waals surface area contributed by atoms with E-state index in [0.717, 1.165) is 10.9 Å². The van der Waals surface area contributed by atoms with E-state index in [2.05, 4.69) is 0 Å². The van der Waals surface area contributed by atoms with Gasteiger partial charge in [0.1, 0.15) is 0 Å². The van der Waals surface area contributed by atoms with E-state index in [9.17, 15) is 5.11 Å². The Hall–Kier alpha value is -1.19. The van der Waals surface area contributed by atoms with Crippen molar-refractivity contribution in [3.8, 4) is 5.75 Å². The highest BCUT2D eigenvalue weighted by Gasteiger charge is 2.17. The summed E-state index contributed by atoms with van der Waals surface area (Å²) in [6.45, 7) is 1.96. The average Bonchev–Trinajstić information content (AvgIpc) is 2.78. The number of ether oxygens (including phenoxy) is 1. The maximum atomic E-state index is 9.18. The molecular formula is C12H13ClO3. The maximum absolute atomic E-state index is 9.18. The number of hydrogen-bond acceptors (Lipinski definition) is 3. The summed E-state index contributed by atoms with van der Waals surface area (Å²) < 4.78 is 10.6. The van der Waals surface area contributed by atoms with Gasteiger partial charge < -0.3 is 14.3 Å². The largest absolute Gasteiger partial charge is 0.493 e. The van der Waals surface area contributed by atoms with E-state index in [1.807, 2.05) is 13.0 Å². The van der Waals surface area contributed by atoms with E-state index in [-0.39, 0.29) is 12.5 Å². The Bertz CT molecular complexity index is 504. The fourth-order valence-corrected chi connectivity index (χ4v) is 2.10. The molecule has 16 heavy (non-hydrogen) atoms. The third-order valence-electron chi connectivity index (χ3n) is 2.69. The van der Waals surface area contributed by atoms with E-state index in [1.165, 1.54) is 0 Å². The van der Waals surface area contributed by atoms with Crippen molar-refractivity contribution in [1.82, 2.24) is 0 Å². The number of fused-ring (bicyclic) bond motifs is 1. The lowest BCUT2D eigenvalue weighted by molar-refractivity contribution is 0.273. The Labute approximate surface area is 98.6 Å². The summed E-state index contributed by atoms with van der Waals surface area (Å²) in [4.78, 5) is 0. The van der Waals surface area contributed by atoms with Crippen molar-refractivity contribution in [3.63, 3.8) is 0 Å². The monoisotopic (exact) mass is 240 g/mol. The van der Waals surface area contributed by atoms with Crippen molar-refractivity contribution in [2.75, 3.05) is 13.7 Å². The standard InChI is InChI=1S/C12H13ClO3/c1-7(6-14)9-5-10(15-2)12-8(11(9)13)3-4-16-12/h3-5,7,14H,6H2,1-2H3. The number of rotatable bonds is 3. The molecule has 0 bridgehead atoms. The molecule has 0 spiro atoms. The lowest BCUT2D eigenvalue weighted by atomic mass is 10.00. The third-order valence-corrected chi connectivity index (χ3v) is 3.11. The predicted molar refractivity (Wildman–Crippen MR) is 63.3 cm³/mol. The summed E-state index contributed by atoms with van der Waals surface area (Å²) in [6.07, 6.45) is 1.58. The fraction of sp³-hybridized carbons (Fsp3) is 0.333. The number of hydrogen-bond donors (Lipinski definition) is 1.